The molecular formula is C16H17N3O3. The zero-order chi connectivity index (χ0) is 15.4. The fourth-order valence-corrected chi connectivity index (χ4v) is 2.55. The Kier molecular flexibility index (Phi) is 4.18. The topological polar surface area (TPSA) is 75.3 Å². The van der Waals surface area contributed by atoms with Crippen molar-refractivity contribution in [2.45, 2.75) is 18.9 Å². The summed E-state index contributed by atoms with van der Waals surface area (Å²) in [7, 11) is 0. The molecule has 1 amide bonds. The van der Waals surface area contributed by atoms with Gasteiger partial charge in [-0.2, -0.15) is 0 Å². The first-order chi connectivity index (χ1) is 10.7. The van der Waals surface area contributed by atoms with E-state index in [1.807, 2.05) is 12.1 Å². The standard InChI is InChI=1S/C16H17N3O3/c20-15-4-3-12(10-18-15)16(21)19-9-1-2-14(11-19)22-13-5-7-17-8-6-13/h3-8,10,14H,1-2,9,11H2,(H,18,20). The van der Waals surface area contributed by atoms with Crippen molar-refractivity contribution >= 4 is 5.91 Å². The number of amides is 1. The SMILES string of the molecule is O=C(c1ccc(=O)[nH]c1)N1CCCC(Oc2ccncc2)C1. The van der Waals surface area contributed by atoms with E-state index in [4.69, 9.17) is 4.74 Å². The summed E-state index contributed by atoms with van der Waals surface area (Å²) >= 11 is 0. The molecule has 1 atom stereocenters. The summed E-state index contributed by atoms with van der Waals surface area (Å²) in [4.78, 5) is 31.8. The number of hydrogen-bond acceptors (Lipinski definition) is 4. The fraction of sp³-hybridized carbons (Fsp3) is 0.312. The van der Waals surface area contributed by atoms with Crippen LogP contribution >= 0.6 is 0 Å². The molecule has 0 spiro atoms. The predicted molar refractivity (Wildman–Crippen MR) is 80.9 cm³/mol. The Morgan fingerprint density at radius 3 is 2.82 bits per heavy atom. The van der Waals surface area contributed by atoms with Gasteiger partial charge in [0.05, 0.1) is 12.1 Å². The van der Waals surface area contributed by atoms with Crippen molar-refractivity contribution in [1.82, 2.24) is 14.9 Å². The second-order valence-electron chi connectivity index (χ2n) is 5.26. The van der Waals surface area contributed by atoms with Gasteiger partial charge < -0.3 is 14.6 Å². The molecule has 0 aromatic carbocycles. The third-order valence-corrected chi connectivity index (χ3v) is 3.65. The van der Waals surface area contributed by atoms with E-state index < -0.39 is 0 Å². The third-order valence-electron chi connectivity index (χ3n) is 3.65. The van der Waals surface area contributed by atoms with Crippen LogP contribution in [0.15, 0.2) is 47.7 Å². The Morgan fingerprint density at radius 2 is 2.09 bits per heavy atom. The molecule has 114 valence electrons. The Labute approximate surface area is 127 Å². The van der Waals surface area contributed by atoms with Crippen molar-refractivity contribution in [2.75, 3.05) is 13.1 Å². The van der Waals surface area contributed by atoms with Crippen LogP contribution in [0.2, 0.25) is 0 Å². The highest BCUT2D eigenvalue weighted by molar-refractivity contribution is 5.93. The first-order valence-corrected chi connectivity index (χ1v) is 7.27. The van der Waals surface area contributed by atoms with Gasteiger partial charge >= 0.3 is 0 Å². The third kappa shape index (κ3) is 3.33. The van der Waals surface area contributed by atoms with Gasteiger partial charge in [0.1, 0.15) is 11.9 Å². The number of carbonyl (C=O) groups excluding carboxylic acids is 1. The second-order valence-corrected chi connectivity index (χ2v) is 5.26. The zero-order valence-electron chi connectivity index (χ0n) is 12.1. The van der Waals surface area contributed by atoms with Gasteiger partial charge in [-0.3, -0.25) is 14.6 Å². The average molecular weight is 299 g/mol. The minimum absolute atomic E-state index is 0.0251. The number of H-pyrrole nitrogens is 1. The maximum atomic E-state index is 12.4. The molecule has 0 aliphatic carbocycles. The van der Waals surface area contributed by atoms with E-state index in [0.29, 0.717) is 18.7 Å². The maximum absolute atomic E-state index is 12.4. The minimum atomic E-state index is -0.214. The molecule has 0 bridgehead atoms. The summed E-state index contributed by atoms with van der Waals surface area (Å²) in [5.41, 5.74) is 0.276. The van der Waals surface area contributed by atoms with Gasteiger partial charge in [-0.1, -0.05) is 0 Å². The van der Waals surface area contributed by atoms with Crippen molar-refractivity contribution in [2.24, 2.45) is 0 Å². The smallest absolute Gasteiger partial charge is 0.255 e. The van der Waals surface area contributed by atoms with Gasteiger partial charge in [0.15, 0.2) is 0 Å². The number of likely N-dealkylation sites (tertiary alicyclic amines) is 1. The van der Waals surface area contributed by atoms with Crippen molar-refractivity contribution < 1.29 is 9.53 Å². The first kappa shape index (κ1) is 14.3. The van der Waals surface area contributed by atoms with Crippen LogP contribution < -0.4 is 10.3 Å². The Hall–Kier alpha value is -2.63. The molecule has 6 heteroatoms. The van der Waals surface area contributed by atoms with Gasteiger partial charge in [0, 0.05) is 31.2 Å². The molecule has 1 N–H and O–H groups in total. The van der Waals surface area contributed by atoms with Crippen molar-refractivity contribution in [1.29, 1.82) is 0 Å². The number of carbonyl (C=O) groups is 1. The maximum Gasteiger partial charge on any atom is 0.255 e. The van der Waals surface area contributed by atoms with E-state index in [1.165, 1.54) is 12.3 Å². The number of pyridine rings is 2. The van der Waals surface area contributed by atoms with Gasteiger partial charge in [-0.25, -0.2) is 0 Å². The number of aromatic amines is 1. The van der Waals surface area contributed by atoms with E-state index >= 15 is 0 Å². The highest BCUT2D eigenvalue weighted by Gasteiger charge is 2.25. The lowest BCUT2D eigenvalue weighted by Crippen LogP contribution is -2.44. The largest absolute Gasteiger partial charge is 0.488 e. The van der Waals surface area contributed by atoms with E-state index in [9.17, 15) is 9.59 Å². The lowest BCUT2D eigenvalue weighted by molar-refractivity contribution is 0.0537. The predicted octanol–water partition coefficient (Wildman–Crippen LogP) is 1.45. The van der Waals surface area contributed by atoms with E-state index in [1.54, 1.807) is 23.4 Å². The molecule has 3 heterocycles. The normalized spacial score (nSPS) is 18.0. The summed E-state index contributed by atoms with van der Waals surface area (Å²) in [5, 5.41) is 0. The first-order valence-electron chi connectivity index (χ1n) is 7.27. The Morgan fingerprint density at radius 1 is 1.27 bits per heavy atom. The quantitative estimate of drug-likeness (QED) is 0.931. The van der Waals surface area contributed by atoms with Crippen LogP contribution in [0.5, 0.6) is 5.75 Å². The van der Waals surface area contributed by atoms with E-state index in [0.717, 1.165) is 18.6 Å². The van der Waals surface area contributed by atoms with Crippen LogP contribution in [0.3, 0.4) is 0 Å². The highest BCUT2D eigenvalue weighted by atomic mass is 16.5. The molecule has 3 rings (SSSR count). The number of rotatable bonds is 3. The molecule has 0 radical (unpaired) electrons. The van der Waals surface area contributed by atoms with Gasteiger partial charge in [0.2, 0.25) is 5.56 Å². The Balaban J connectivity index is 1.66. The number of aromatic nitrogens is 2. The van der Waals surface area contributed by atoms with Crippen molar-refractivity contribution in [3.8, 4) is 5.75 Å². The summed E-state index contributed by atoms with van der Waals surface area (Å²) in [6.07, 6.45) is 6.60. The van der Waals surface area contributed by atoms with Crippen LogP contribution in [0.4, 0.5) is 0 Å². The van der Waals surface area contributed by atoms with Crippen LogP contribution in [-0.4, -0.2) is 40.0 Å². The monoisotopic (exact) mass is 299 g/mol. The number of hydrogen-bond donors (Lipinski definition) is 1. The highest BCUT2D eigenvalue weighted by Crippen LogP contribution is 2.18. The van der Waals surface area contributed by atoms with Crippen molar-refractivity contribution in [3.63, 3.8) is 0 Å². The van der Waals surface area contributed by atoms with Gasteiger partial charge in [-0.15, -0.1) is 0 Å². The molecular weight excluding hydrogens is 282 g/mol. The molecule has 1 fully saturated rings. The zero-order valence-corrected chi connectivity index (χ0v) is 12.1. The second kappa shape index (κ2) is 6.43. The van der Waals surface area contributed by atoms with Gasteiger partial charge in [-0.05, 0) is 31.0 Å². The molecule has 1 saturated heterocycles. The molecule has 1 unspecified atom stereocenters. The lowest BCUT2D eigenvalue weighted by Gasteiger charge is -2.32. The van der Waals surface area contributed by atoms with Crippen LogP contribution in [0.1, 0.15) is 23.2 Å². The van der Waals surface area contributed by atoms with Gasteiger partial charge in [0.25, 0.3) is 5.91 Å². The molecule has 22 heavy (non-hydrogen) atoms. The van der Waals surface area contributed by atoms with Crippen LogP contribution in [0, 0.1) is 0 Å². The molecule has 2 aromatic heterocycles. The number of nitrogens with zero attached hydrogens (tertiary/aromatic N) is 2. The van der Waals surface area contributed by atoms with E-state index in [2.05, 4.69) is 9.97 Å². The number of piperidine rings is 1. The molecule has 1 aliphatic rings. The van der Waals surface area contributed by atoms with Crippen LogP contribution in [0.25, 0.3) is 0 Å². The molecule has 6 nitrogen and oxygen atoms in total. The van der Waals surface area contributed by atoms with Crippen LogP contribution in [-0.2, 0) is 0 Å². The molecule has 1 aliphatic heterocycles. The summed E-state index contributed by atoms with van der Waals surface area (Å²) < 4.78 is 5.90. The summed E-state index contributed by atoms with van der Waals surface area (Å²) in [6, 6.07) is 6.53. The lowest BCUT2D eigenvalue weighted by atomic mass is 10.1. The number of ether oxygens (including phenoxy) is 1. The number of nitrogens with one attached hydrogen (secondary N) is 1. The van der Waals surface area contributed by atoms with E-state index in [-0.39, 0.29) is 17.6 Å². The summed E-state index contributed by atoms with van der Waals surface area (Å²) in [6.45, 7) is 1.24. The average Bonchev–Trinajstić information content (AvgIpc) is 2.56. The minimum Gasteiger partial charge on any atom is -0.488 e. The Bertz CT molecular complexity index is 679. The summed E-state index contributed by atoms with van der Waals surface area (Å²) in [5.74, 6) is 0.678. The molecule has 0 saturated carbocycles. The fourth-order valence-electron chi connectivity index (χ4n) is 2.55. The van der Waals surface area contributed by atoms with Crippen molar-refractivity contribution in [3.05, 3.63) is 58.8 Å². The molecule has 2 aromatic rings.